The highest BCUT2D eigenvalue weighted by Crippen LogP contribution is 2.35. The minimum Gasteiger partial charge on any atom is -0.379 e. The number of hydrogen-bond acceptors (Lipinski definition) is 3. The van der Waals surface area contributed by atoms with Crippen molar-refractivity contribution in [3.63, 3.8) is 0 Å². The van der Waals surface area contributed by atoms with Gasteiger partial charge in [-0.1, -0.05) is 0 Å². The second-order valence-electron chi connectivity index (χ2n) is 3.50. The number of methoxy groups -OCH3 is 1. The highest BCUT2D eigenvalue weighted by atomic mass is 16.5. The van der Waals surface area contributed by atoms with Gasteiger partial charge in [0.05, 0.1) is 17.6 Å². The molecule has 0 amide bonds. The molecule has 3 nitrogen and oxygen atoms in total. The van der Waals surface area contributed by atoms with Gasteiger partial charge >= 0.3 is 0 Å². The first kappa shape index (κ1) is 9.21. The predicted molar refractivity (Wildman–Crippen MR) is 43.4 cm³/mol. The highest BCUT2D eigenvalue weighted by Gasteiger charge is 2.39. The molecule has 0 aromatic rings. The second-order valence-corrected chi connectivity index (χ2v) is 3.50. The molecule has 0 aliphatic heterocycles. The molecule has 1 aliphatic rings. The van der Waals surface area contributed by atoms with Crippen molar-refractivity contribution in [2.75, 3.05) is 7.11 Å². The molecule has 0 N–H and O–H groups in total. The Hall–Kier alpha value is -0.880. The van der Waals surface area contributed by atoms with Crippen LogP contribution in [-0.4, -0.2) is 19.0 Å². The van der Waals surface area contributed by atoms with Crippen molar-refractivity contribution in [1.29, 1.82) is 5.26 Å². The van der Waals surface area contributed by atoms with Gasteiger partial charge in [0, 0.05) is 20.0 Å². The maximum Gasteiger partial charge on any atom is 0.135 e. The summed E-state index contributed by atoms with van der Waals surface area (Å²) in [6.45, 7) is 1.85. The fourth-order valence-corrected chi connectivity index (χ4v) is 1.57. The van der Waals surface area contributed by atoms with Crippen molar-refractivity contribution in [3.8, 4) is 6.07 Å². The normalized spacial score (nSPS) is 36.1. The molecule has 0 aromatic heterocycles. The third kappa shape index (κ3) is 1.49. The molecule has 0 bridgehead atoms. The Bertz CT molecular complexity index is 231. The van der Waals surface area contributed by atoms with Gasteiger partial charge in [-0.2, -0.15) is 5.26 Å². The van der Waals surface area contributed by atoms with Crippen LogP contribution in [0, 0.1) is 16.7 Å². The molecule has 0 heterocycles. The van der Waals surface area contributed by atoms with Crippen LogP contribution in [0.3, 0.4) is 0 Å². The molecule has 1 rings (SSSR count). The summed E-state index contributed by atoms with van der Waals surface area (Å²) in [4.78, 5) is 11.0. The van der Waals surface area contributed by atoms with Crippen LogP contribution in [0.4, 0.5) is 0 Å². The van der Waals surface area contributed by atoms with E-state index in [1.54, 1.807) is 7.11 Å². The fraction of sp³-hybridized carbons (Fsp3) is 0.778. The Kier molecular flexibility index (Phi) is 2.49. The van der Waals surface area contributed by atoms with Gasteiger partial charge in [-0.3, -0.25) is 4.79 Å². The van der Waals surface area contributed by atoms with E-state index in [-0.39, 0.29) is 11.9 Å². The molecule has 2 atom stereocenters. The average molecular weight is 167 g/mol. The van der Waals surface area contributed by atoms with E-state index in [1.807, 2.05) is 6.92 Å². The summed E-state index contributed by atoms with van der Waals surface area (Å²) in [6.07, 6.45) is 1.31. The van der Waals surface area contributed by atoms with Crippen molar-refractivity contribution in [3.05, 3.63) is 0 Å². The van der Waals surface area contributed by atoms with Crippen molar-refractivity contribution >= 4 is 5.78 Å². The molecule has 1 fully saturated rings. The number of carbonyl (C=O) groups excluding carboxylic acids is 1. The number of ketones is 1. The fourth-order valence-electron chi connectivity index (χ4n) is 1.57. The summed E-state index contributed by atoms with van der Waals surface area (Å²) in [5, 5.41) is 8.90. The quantitative estimate of drug-likeness (QED) is 0.591. The van der Waals surface area contributed by atoms with Crippen molar-refractivity contribution in [2.45, 2.75) is 32.3 Å². The lowest BCUT2D eigenvalue weighted by Gasteiger charge is -2.33. The van der Waals surface area contributed by atoms with Gasteiger partial charge < -0.3 is 4.74 Å². The van der Waals surface area contributed by atoms with E-state index in [0.717, 1.165) is 0 Å². The lowest BCUT2D eigenvalue weighted by Crippen LogP contribution is -2.39. The lowest BCUT2D eigenvalue weighted by atomic mass is 9.74. The zero-order chi connectivity index (χ0) is 9.19. The molecule has 0 aromatic carbocycles. The number of carbonyl (C=O) groups is 1. The van der Waals surface area contributed by atoms with Crippen molar-refractivity contribution in [2.24, 2.45) is 5.41 Å². The van der Waals surface area contributed by atoms with E-state index in [0.29, 0.717) is 19.3 Å². The zero-order valence-electron chi connectivity index (χ0n) is 7.46. The minimum atomic E-state index is -0.470. The zero-order valence-corrected chi connectivity index (χ0v) is 7.46. The summed E-state index contributed by atoms with van der Waals surface area (Å²) < 4.78 is 5.12. The number of ether oxygens (including phenoxy) is 1. The largest absolute Gasteiger partial charge is 0.379 e. The summed E-state index contributed by atoms with van der Waals surface area (Å²) in [7, 11) is 1.55. The first-order valence-electron chi connectivity index (χ1n) is 4.08. The number of nitrogens with zero attached hydrogens (tertiary/aromatic N) is 1. The highest BCUT2D eigenvalue weighted by molar-refractivity contribution is 5.80. The third-order valence-electron chi connectivity index (χ3n) is 2.59. The number of Topliss-reactive ketones (excluding diaryl/α,β-unsaturated/α-hetero) is 1. The van der Waals surface area contributed by atoms with Crippen LogP contribution in [0.5, 0.6) is 0 Å². The molecule has 0 radical (unpaired) electrons. The van der Waals surface area contributed by atoms with Crippen LogP contribution in [0.25, 0.3) is 0 Å². The van der Waals surface area contributed by atoms with Gasteiger partial charge in [-0.25, -0.2) is 0 Å². The monoisotopic (exact) mass is 167 g/mol. The average Bonchev–Trinajstić information content (AvgIpc) is 2.09. The minimum absolute atomic E-state index is 0.203. The van der Waals surface area contributed by atoms with Crippen LogP contribution in [0.2, 0.25) is 0 Å². The SMILES string of the molecule is COC1CC(=O)CCC1(C)C#N. The van der Waals surface area contributed by atoms with E-state index in [4.69, 9.17) is 10.00 Å². The van der Waals surface area contributed by atoms with E-state index >= 15 is 0 Å². The summed E-state index contributed by atoms with van der Waals surface area (Å²) in [5.41, 5.74) is -0.470. The summed E-state index contributed by atoms with van der Waals surface area (Å²) in [5.74, 6) is 0.203. The van der Waals surface area contributed by atoms with Crippen LogP contribution in [0.15, 0.2) is 0 Å². The Morgan fingerprint density at radius 3 is 2.92 bits per heavy atom. The Balaban J connectivity index is 2.77. The van der Waals surface area contributed by atoms with E-state index in [2.05, 4.69) is 6.07 Å². The van der Waals surface area contributed by atoms with E-state index in [1.165, 1.54) is 0 Å². The van der Waals surface area contributed by atoms with Crippen LogP contribution < -0.4 is 0 Å². The molecule has 0 saturated heterocycles. The molecule has 12 heavy (non-hydrogen) atoms. The third-order valence-corrected chi connectivity index (χ3v) is 2.59. The lowest BCUT2D eigenvalue weighted by molar-refractivity contribution is -0.127. The molecular formula is C9H13NO2. The van der Waals surface area contributed by atoms with Gasteiger partial charge in [0.2, 0.25) is 0 Å². The molecule has 1 saturated carbocycles. The van der Waals surface area contributed by atoms with Crippen molar-refractivity contribution < 1.29 is 9.53 Å². The topological polar surface area (TPSA) is 50.1 Å². The Morgan fingerprint density at radius 2 is 2.42 bits per heavy atom. The second kappa shape index (κ2) is 3.24. The molecule has 1 aliphatic carbocycles. The number of nitriles is 1. The first-order chi connectivity index (χ1) is 5.62. The Labute approximate surface area is 72.3 Å². The smallest absolute Gasteiger partial charge is 0.135 e. The van der Waals surface area contributed by atoms with Gasteiger partial charge in [0.15, 0.2) is 0 Å². The maximum atomic E-state index is 11.0. The standard InChI is InChI=1S/C9H13NO2/c1-9(6-10)4-3-7(11)5-8(9)12-2/h8H,3-5H2,1-2H3. The summed E-state index contributed by atoms with van der Waals surface area (Å²) >= 11 is 0. The van der Waals surface area contributed by atoms with Crippen LogP contribution >= 0.6 is 0 Å². The van der Waals surface area contributed by atoms with Crippen molar-refractivity contribution in [1.82, 2.24) is 0 Å². The molecule has 2 unspecified atom stereocenters. The van der Waals surface area contributed by atoms with Gasteiger partial charge in [0.1, 0.15) is 5.78 Å². The first-order valence-corrected chi connectivity index (χ1v) is 4.08. The Morgan fingerprint density at radius 1 is 1.75 bits per heavy atom. The van der Waals surface area contributed by atoms with Crippen LogP contribution in [0.1, 0.15) is 26.2 Å². The number of rotatable bonds is 1. The predicted octanol–water partition coefficient (Wildman–Crippen LogP) is 1.28. The number of hydrogen-bond donors (Lipinski definition) is 0. The van der Waals surface area contributed by atoms with Gasteiger partial charge in [0.25, 0.3) is 0 Å². The van der Waals surface area contributed by atoms with Gasteiger partial charge in [-0.05, 0) is 13.3 Å². The molecule has 3 heteroatoms. The molecular weight excluding hydrogens is 154 g/mol. The van der Waals surface area contributed by atoms with Crippen LogP contribution in [-0.2, 0) is 9.53 Å². The molecule has 0 spiro atoms. The van der Waals surface area contributed by atoms with E-state index in [9.17, 15) is 4.79 Å². The van der Waals surface area contributed by atoms with E-state index < -0.39 is 5.41 Å². The summed E-state index contributed by atoms with van der Waals surface area (Å²) in [6, 6.07) is 2.22. The maximum absolute atomic E-state index is 11.0. The molecule has 66 valence electrons. The van der Waals surface area contributed by atoms with Gasteiger partial charge in [-0.15, -0.1) is 0 Å².